The van der Waals surface area contributed by atoms with Crippen molar-refractivity contribution in [1.29, 1.82) is 0 Å². The number of anilines is 1. The van der Waals surface area contributed by atoms with Crippen LogP contribution in [0.5, 0.6) is 0 Å². The Bertz CT molecular complexity index is 343. The van der Waals surface area contributed by atoms with Crippen LogP contribution in [0.15, 0.2) is 4.42 Å². The summed E-state index contributed by atoms with van der Waals surface area (Å²) in [7, 11) is 1.99. The smallest absolute Gasteiger partial charge is 0.317 e. The van der Waals surface area contributed by atoms with Crippen molar-refractivity contribution in [3.63, 3.8) is 0 Å². The SMILES string of the molecule is CCCCCN(C)c1nnc(CNC(C)(C)C)o1. The molecule has 104 valence electrons. The van der Waals surface area contributed by atoms with Gasteiger partial charge in [0.1, 0.15) is 0 Å². The Morgan fingerprint density at radius 2 is 1.94 bits per heavy atom. The van der Waals surface area contributed by atoms with E-state index >= 15 is 0 Å². The third-order valence-electron chi connectivity index (χ3n) is 2.65. The number of hydrogen-bond acceptors (Lipinski definition) is 5. The first-order valence-corrected chi connectivity index (χ1v) is 6.71. The first-order chi connectivity index (χ1) is 8.42. The van der Waals surface area contributed by atoms with Gasteiger partial charge in [0.25, 0.3) is 0 Å². The third-order valence-corrected chi connectivity index (χ3v) is 2.65. The van der Waals surface area contributed by atoms with Crippen LogP contribution in [0.1, 0.15) is 52.8 Å². The summed E-state index contributed by atoms with van der Waals surface area (Å²) in [6.45, 7) is 10.1. The molecule has 0 unspecified atom stereocenters. The Hall–Kier alpha value is -1.10. The van der Waals surface area contributed by atoms with E-state index in [0.717, 1.165) is 13.0 Å². The number of aromatic nitrogens is 2. The molecule has 0 aromatic carbocycles. The highest BCUT2D eigenvalue weighted by Crippen LogP contribution is 2.12. The molecule has 0 fully saturated rings. The average molecular weight is 254 g/mol. The van der Waals surface area contributed by atoms with Gasteiger partial charge >= 0.3 is 6.01 Å². The van der Waals surface area contributed by atoms with Gasteiger partial charge in [0.15, 0.2) is 0 Å². The molecule has 0 saturated heterocycles. The van der Waals surface area contributed by atoms with E-state index in [-0.39, 0.29) is 5.54 Å². The summed E-state index contributed by atoms with van der Waals surface area (Å²) >= 11 is 0. The number of hydrogen-bond donors (Lipinski definition) is 1. The molecule has 0 atom stereocenters. The summed E-state index contributed by atoms with van der Waals surface area (Å²) < 4.78 is 5.61. The fourth-order valence-electron chi connectivity index (χ4n) is 1.51. The number of rotatable bonds is 7. The lowest BCUT2D eigenvalue weighted by molar-refractivity contribution is 0.381. The lowest BCUT2D eigenvalue weighted by Crippen LogP contribution is -2.35. The van der Waals surface area contributed by atoms with Crippen molar-refractivity contribution in [2.24, 2.45) is 0 Å². The van der Waals surface area contributed by atoms with Crippen LogP contribution >= 0.6 is 0 Å². The van der Waals surface area contributed by atoms with E-state index in [9.17, 15) is 0 Å². The molecule has 1 aromatic heterocycles. The van der Waals surface area contributed by atoms with Crippen molar-refractivity contribution in [2.75, 3.05) is 18.5 Å². The van der Waals surface area contributed by atoms with E-state index in [4.69, 9.17) is 4.42 Å². The summed E-state index contributed by atoms with van der Waals surface area (Å²) in [5, 5.41) is 11.4. The van der Waals surface area contributed by atoms with Gasteiger partial charge in [0, 0.05) is 19.1 Å². The molecule has 0 radical (unpaired) electrons. The second-order valence-corrected chi connectivity index (χ2v) is 5.71. The van der Waals surface area contributed by atoms with Gasteiger partial charge in [-0.1, -0.05) is 24.9 Å². The topological polar surface area (TPSA) is 54.2 Å². The van der Waals surface area contributed by atoms with E-state index in [1.165, 1.54) is 12.8 Å². The first-order valence-electron chi connectivity index (χ1n) is 6.71. The van der Waals surface area contributed by atoms with Gasteiger partial charge in [-0.25, -0.2) is 0 Å². The Kier molecular flexibility index (Phi) is 5.59. The molecular formula is C13H26N4O. The highest BCUT2D eigenvalue weighted by Gasteiger charge is 2.13. The fraction of sp³-hybridized carbons (Fsp3) is 0.846. The van der Waals surface area contributed by atoms with Crippen LogP contribution in [0, 0.1) is 0 Å². The molecule has 1 aromatic rings. The monoisotopic (exact) mass is 254 g/mol. The van der Waals surface area contributed by atoms with E-state index < -0.39 is 0 Å². The van der Waals surface area contributed by atoms with Crippen LogP contribution < -0.4 is 10.2 Å². The van der Waals surface area contributed by atoms with Crippen LogP contribution in [0.2, 0.25) is 0 Å². The van der Waals surface area contributed by atoms with Gasteiger partial charge in [-0.15, -0.1) is 5.10 Å². The predicted molar refractivity (Wildman–Crippen MR) is 73.7 cm³/mol. The van der Waals surface area contributed by atoms with Crippen LogP contribution in [0.4, 0.5) is 6.01 Å². The maximum absolute atomic E-state index is 5.61. The normalized spacial score (nSPS) is 11.8. The zero-order valence-electron chi connectivity index (χ0n) is 12.3. The fourth-order valence-corrected chi connectivity index (χ4v) is 1.51. The molecule has 1 rings (SSSR count). The van der Waals surface area contributed by atoms with Crippen LogP contribution in [-0.4, -0.2) is 29.3 Å². The zero-order valence-corrected chi connectivity index (χ0v) is 12.3. The molecule has 0 saturated carbocycles. The van der Waals surface area contributed by atoms with Gasteiger partial charge in [0.05, 0.1) is 6.54 Å². The lowest BCUT2D eigenvalue weighted by Gasteiger charge is -2.18. The standard InChI is InChI=1S/C13H26N4O/c1-6-7-8-9-17(5)12-16-15-11(18-12)10-14-13(2,3)4/h14H,6-10H2,1-5H3. The Morgan fingerprint density at radius 1 is 1.22 bits per heavy atom. The first kappa shape index (κ1) is 15.0. The van der Waals surface area contributed by atoms with E-state index in [2.05, 4.69) is 43.2 Å². The predicted octanol–water partition coefficient (Wildman–Crippen LogP) is 2.58. The van der Waals surface area contributed by atoms with Crippen molar-refractivity contribution in [3.05, 3.63) is 5.89 Å². The van der Waals surface area contributed by atoms with E-state index in [0.29, 0.717) is 18.5 Å². The van der Waals surface area contributed by atoms with E-state index in [1.807, 2.05) is 11.9 Å². The molecule has 18 heavy (non-hydrogen) atoms. The molecule has 0 bridgehead atoms. The molecule has 0 aliphatic carbocycles. The van der Waals surface area contributed by atoms with Gasteiger partial charge in [-0.3, -0.25) is 0 Å². The maximum atomic E-state index is 5.61. The van der Waals surface area contributed by atoms with Crippen LogP contribution in [-0.2, 0) is 6.54 Å². The van der Waals surface area contributed by atoms with Gasteiger partial charge in [-0.2, -0.15) is 0 Å². The molecule has 5 nitrogen and oxygen atoms in total. The van der Waals surface area contributed by atoms with Gasteiger partial charge < -0.3 is 14.6 Å². The summed E-state index contributed by atoms with van der Waals surface area (Å²) in [6, 6.07) is 0.608. The molecule has 0 aliphatic rings. The minimum absolute atomic E-state index is 0.0572. The number of nitrogens with one attached hydrogen (secondary N) is 1. The molecule has 0 amide bonds. The minimum atomic E-state index is 0.0572. The van der Waals surface area contributed by atoms with E-state index in [1.54, 1.807) is 0 Å². The quantitative estimate of drug-likeness (QED) is 0.758. The lowest BCUT2D eigenvalue weighted by atomic mass is 10.1. The van der Waals surface area contributed by atoms with Crippen molar-refractivity contribution in [1.82, 2.24) is 15.5 Å². The molecule has 1 N–H and O–H groups in total. The molecule has 0 spiro atoms. The molecule has 1 heterocycles. The van der Waals surface area contributed by atoms with Crippen molar-refractivity contribution in [3.8, 4) is 0 Å². The Morgan fingerprint density at radius 3 is 2.56 bits per heavy atom. The Labute approximate surface area is 110 Å². The third kappa shape index (κ3) is 5.49. The molecule has 0 aliphatic heterocycles. The Balaban J connectivity index is 2.42. The summed E-state index contributed by atoms with van der Waals surface area (Å²) in [4.78, 5) is 2.02. The summed E-state index contributed by atoms with van der Waals surface area (Å²) in [5.74, 6) is 0.641. The van der Waals surface area contributed by atoms with Crippen LogP contribution in [0.3, 0.4) is 0 Å². The molecule has 5 heteroatoms. The van der Waals surface area contributed by atoms with Crippen molar-refractivity contribution in [2.45, 2.75) is 59.0 Å². The van der Waals surface area contributed by atoms with Crippen molar-refractivity contribution < 1.29 is 4.42 Å². The van der Waals surface area contributed by atoms with Gasteiger partial charge in [-0.05, 0) is 27.2 Å². The van der Waals surface area contributed by atoms with Crippen LogP contribution in [0.25, 0.3) is 0 Å². The molecular weight excluding hydrogens is 228 g/mol. The zero-order chi connectivity index (χ0) is 13.6. The maximum Gasteiger partial charge on any atom is 0.317 e. The average Bonchev–Trinajstić information content (AvgIpc) is 2.74. The second-order valence-electron chi connectivity index (χ2n) is 5.71. The van der Waals surface area contributed by atoms with Crippen molar-refractivity contribution >= 4 is 6.01 Å². The minimum Gasteiger partial charge on any atom is -0.407 e. The highest BCUT2D eigenvalue weighted by atomic mass is 16.4. The second kappa shape index (κ2) is 6.73. The number of unbranched alkanes of at least 4 members (excludes halogenated alkanes) is 2. The summed E-state index contributed by atoms with van der Waals surface area (Å²) in [6.07, 6.45) is 3.61. The highest BCUT2D eigenvalue weighted by molar-refractivity contribution is 5.21. The van der Waals surface area contributed by atoms with Gasteiger partial charge in [0.2, 0.25) is 5.89 Å². The number of nitrogens with zero attached hydrogens (tertiary/aromatic N) is 3. The largest absolute Gasteiger partial charge is 0.407 e. The summed E-state index contributed by atoms with van der Waals surface area (Å²) in [5.41, 5.74) is 0.0572.